The van der Waals surface area contributed by atoms with Crippen molar-refractivity contribution in [2.24, 2.45) is 0 Å². The molecule has 3 aromatic rings. The van der Waals surface area contributed by atoms with Crippen LogP contribution in [0.5, 0.6) is 0 Å². The lowest BCUT2D eigenvalue weighted by molar-refractivity contribution is 0.0234. The van der Waals surface area contributed by atoms with Gasteiger partial charge < -0.3 is 25.3 Å². The minimum atomic E-state index is -0.949. The number of hydrogen-bond donors (Lipinski definition) is 3. The summed E-state index contributed by atoms with van der Waals surface area (Å²) in [6, 6.07) is 12.2. The van der Waals surface area contributed by atoms with Crippen molar-refractivity contribution in [2.75, 3.05) is 55.0 Å². The molecule has 204 valence electrons. The van der Waals surface area contributed by atoms with Crippen LogP contribution in [0.3, 0.4) is 0 Å². The van der Waals surface area contributed by atoms with Gasteiger partial charge in [0.2, 0.25) is 5.95 Å². The molecule has 1 aliphatic carbocycles. The lowest BCUT2D eigenvalue weighted by Crippen LogP contribution is -2.44. The summed E-state index contributed by atoms with van der Waals surface area (Å²) in [6.45, 7) is 10.4. The number of aliphatic hydroxyl groups is 2. The van der Waals surface area contributed by atoms with Gasteiger partial charge in [-0.05, 0) is 62.2 Å². The van der Waals surface area contributed by atoms with E-state index in [4.69, 9.17) is 9.97 Å². The van der Waals surface area contributed by atoms with Crippen LogP contribution in [-0.4, -0.2) is 74.8 Å². The Bertz CT molecular complexity index is 1360. The highest BCUT2D eigenvalue weighted by atomic mass is 16.3. The largest absolute Gasteiger partial charge is 0.384 e. The Morgan fingerprint density at radius 1 is 1.10 bits per heavy atom. The minimum Gasteiger partial charge on any atom is -0.384 e. The van der Waals surface area contributed by atoms with Crippen molar-refractivity contribution in [3.05, 3.63) is 72.1 Å². The van der Waals surface area contributed by atoms with E-state index in [0.29, 0.717) is 48.2 Å². The summed E-state index contributed by atoms with van der Waals surface area (Å²) in [5, 5.41) is 29.2. The van der Waals surface area contributed by atoms with E-state index in [1.54, 1.807) is 22.3 Å². The maximum atomic E-state index is 11.2. The molecule has 10 heteroatoms. The van der Waals surface area contributed by atoms with Crippen molar-refractivity contribution < 1.29 is 10.2 Å². The van der Waals surface area contributed by atoms with Crippen molar-refractivity contribution in [2.45, 2.75) is 38.0 Å². The SMILES string of the molecule is C=CCN1C(O)c2cnc(Nc3ccc(N4CCN(C)CC4)cc3)nc2N1c1ccc2c(n1)[C@@](O)(CC)CC2. The molecule has 1 saturated heterocycles. The van der Waals surface area contributed by atoms with Crippen molar-refractivity contribution in [1.82, 2.24) is 24.9 Å². The molecule has 6 rings (SSSR count). The Labute approximate surface area is 229 Å². The van der Waals surface area contributed by atoms with Crippen LogP contribution in [0.25, 0.3) is 0 Å². The Morgan fingerprint density at radius 2 is 1.87 bits per heavy atom. The van der Waals surface area contributed by atoms with E-state index in [2.05, 4.69) is 45.9 Å². The molecule has 10 nitrogen and oxygen atoms in total. The summed E-state index contributed by atoms with van der Waals surface area (Å²) in [7, 11) is 2.16. The summed E-state index contributed by atoms with van der Waals surface area (Å²) in [6.07, 6.45) is 4.48. The van der Waals surface area contributed by atoms with Crippen LogP contribution >= 0.6 is 0 Å². The number of aromatic nitrogens is 3. The number of fused-ring (bicyclic) bond motifs is 2. The third kappa shape index (κ3) is 4.63. The predicted molar refractivity (Wildman–Crippen MR) is 152 cm³/mol. The molecule has 1 aromatic carbocycles. The second kappa shape index (κ2) is 10.2. The normalized spacial score (nSPS) is 23.1. The standard InChI is InChI=1S/C29H36N8O2/c1-4-14-36-27(38)23-19-30-28(31-21-7-9-22(10-8-21)35-17-15-34(3)16-18-35)33-26(23)37(36)24-11-6-20-12-13-29(39,5-2)25(20)32-24/h4,6-11,19,27,38-39H,1,5,12-18H2,2-3H3,(H,30,31,33)/t27?,29-/m1/s1. The number of benzene rings is 1. The van der Waals surface area contributed by atoms with E-state index in [0.717, 1.165) is 43.9 Å². The third-order valence-corrected chi connectivity index (χ3v) is 8.14. The summed E-state index contributed by atoms with van der Waals surface area (Å²) in [5.41, 5.74) is 3.49. The summed E-state index contributed by atoms with van der Waals surface area (Å²) in [5.74, 6) is 1.55. The molecule has 2 aliphatic heterocycles. The molecule has 4 heterocycles. The molecule has 0 saturated carbocycles. The molecule has 2 atom stereocenters. The molecular weight excluding hydrogens is 492 g/mol. The lowest BCUT2D eigenvalue weighted by Gasteiger charge is -2.34. The second-order valence-electron chi connectivity index (χ2n) is 10.6. The number of aliphatic hydroxyl groups excluding tert-OH is 1. The predicted octanol–water partition coefficient (Wildman–Crippen LogP) is 3.46. The lowest BCUT2D eigenvalue weighted by atomic mass is 9.98. The molecule has 39 heavy (non-hydrogen) atoms. The number of nitrogens with one attached hydrogen (secondary N) is 1. The quantitative estimate of drug-likeness (QED) is 0.395. The van der Waals surface area contributed by atoms with Crippen LogP contribution in [0.1, 0.15) is 42.8 Å². The summed E-state index contributed by atoms with van der Waals surface area (Å²) in [4.78, 5) is 18.9. The number of anilines is 5. The first kappa shape index (κ1) is 25.7. The Morgan fingerprint density at radius 3 is 2.59 bits per heavy atom. The van der Waals surface area contributed by atoms with Gasteiger partial charge in [-0.25, -0.2) is 15.0 Å². The molecule has 0 bridgehead atoms. The number of likely N-dealkylation sites (N-methyl/N-ethyl adjacent to an activating group) is 1. The first-order chi connectivity index (χ1) is 18.9. The number of hydrogen-bond acceptors (Lipinski definition) is 10. The molecule has 3 N–H and O–H groups in total. The van der Waals surface area contributed by atoms with Gasteiger partial charge in [0, 0.05) is 50.3 Å². The molecule has 0 amide bonds. The van der Waals surface area contributed by atoms with Gasteiger partial charge >= 0.3 is 0 Å². The van der Waals surface area contributed by atoms with Gasteiger partial charge in [-0.1, -0.05) is 19.1 Å². The van der Waals surface area contributed by atoms with Crippen molar-refractivity contribution in [3.63, 3.8) is 0 Å². The molecule has 2 aromatic heterocycles. The van der Waals surface area contributed by atoms with E-state index in [1.165, 1.54) is 5.69 Å². The zero-order chi connectivity index (χ0) is 27.1. The number of piperazine rings is 1. The van der Waals surface area contributed by atoms with Gasteiger partial charge in [0.15, 0.2) is 12.0 Å². The van der Waals surface area contributed by atoms with Crippen molar-refractivity contribution >= 4 is 29.0 Å². The molecule has 1 unspecified atom stereocenters. The molecule has 0 radical (unpaired) electrons. The van der Waals surface area contributed by atoms with Gasteiger partial charge in [0.25, 0.3) is 0 Å². The van der Waals surface area contributed by atoms with Crippen molar-refractivity contribution in [3.8, 4) is 0 Å². The highest BCUT2D eigenvalue weighted by Crippen LogP contribution is 2.44. The van der Waals surface area contributed by atoms with Crippen LogP contribution < -0.4 is 15.2 Å². The maximum absolute atomic E-state index is 11.2. The minimum absolute atomic E-state index is 0.380. The number of rotatable bonds is 7. The Kier molecular flexibility index (Phi) is 6.72. The first-order valence-electron chi connectivity index (χ1n) is 13.7. The fourth-order valence-electron chi connectivity index (χ4n) is 5.69. The van der Waals surface area contributed by atoms with Crippen LogP contribution in [0.2, 0.25) is 0 Å². The summed E-state index contributed by atoms with van der Waals surface area (Å²) >= 11 is 0. The van der Waals surface area contributed by atoms with E-state index in [-0.39, 0.29) is 0 Å². The molecule has 0 spiro atoms. The zero-order valence-electron chi connectivity index (χ0n) is 22.6. The molecular formula is C29H36N8O2. The Hall–Kier alpha value is -3.57. The number of hydrazine groups is 1. The number of nitrogens with zero attached hydrogens (tertiary/aromatic N) is 7. The van der Waals surface area contributed by atoms with Crippen LogP contribution in [0.15, 0.2) is 55.3 Å². The van der Waals surface area contributed by atoms with Gasteiger partial charge in [0.05, 0.1) is 11.3 Å². The Balaban J connectivity index is 1.29. The fourth-order valence-corrected chi connectivity index (χ4v) is 5.69. The van der Waals surface area contributed by atoms with Gasteiger partial charge in [-0.3, -0.25) is 0 Å². The van der Waals surface area contributed by atoms with Crippen molar-refractivity contribution in [1.29, 1.82) is 0 Å². The summed E-state index contributed by atoms with van der Waals surface area (Å²) < 4.78 is 0. The average Bonchev–Trinajstić information content (AvgIpc) is 3.43. The first-order valence-corrected chi connectivity index (χ1v) is 13.7. The van der Waals surface area contributed by atoms with Crippen LogP contribution in [0, 0.1) is 0 Å². The number of pyridine rings is 1. The third-order valence-electron chi connectivity index (χ3n) is 8.14. The average molecular weight is 529 g/mol. The smallest absolute Gasteiger partial charge is 0.229 e. The van der Waals surface area contributed by atoms with Crippen LogP contribution in [0.4, 0.5) is 29.0 Å². The van der Waals surface area contributed by atoms with E-state index in [1.807, 2.05) is 31.2 Å². The van der Waals surface area contributed by atoms with E-state index >= 15 is 0 Å². The second-order valence-corrected chi connectivity index (χ2v) is 10.6. The van der Waals surface area contributed by atoms with E-state index < -0.39 is 11.8 Å². The topological polar surface area (TPSA) is 104 Å². The highest BCUT2D eigenvalue weighted by molar-refractivity contribution is 5.66. The van der Waals surface area contributed by atoms with Crippen LogP contribution in [-0.2, 0) is 12.0 Å². The molecule has 3 aliphatic rings. The zero-order valence-corrected chi connectivity index (χ0v) is 22.6. The maximum Gasteiger partial charge on any atom is 0.229 e. The number of aryl methyl sites for hydroxylation is 1. The van der Waals surface area contributed by atoms with Gasteiger partial charge in [-0.15, -0.1) is 6.58 Å². The van der Waals surface area contributed by atoms with Gasteiger partial charge in [-0.2, -0.15) is 9.99 Å². The fraction of sp³-hybridized carbons (Fsp3) is 0.414. The highest BCUT2D eigenvalue weighted by Gasteiger charge is 2.41. The van der Waals surface area contributed by atoms with Gasteiger partial charge in [0.1, 0.15) is 11.4 Å². The monoisotopic (exact) mass is 528 g/mol. The molecule has 1 fully saturated rings. The van der Waals surface area contributed by atoms with E-state index in [9.17, 15) is 10.2 Å².